The van der Waals surface area contributed by atoms with Gasteiger partial charge in [0.1, 0.15) is 0 Å². The average Bonchev–Trinajstić information content (AvgIpc) is 2.24. The van der Waals surface area contributed by atoms with Crippen molar-refractivity contribution in [2.75, 3.05) is 6.54 Å². The lowest BCUT2D eigenvalue weighted by molar-refractivity contribution is -0.144. The molecule has 0 heterocycles. The van der Waals surface area contributed by atoms with Gasteiger partial charge in [-0.3, -0.25) is 4.79 Å². The first kappa shape index (κ1) is 17.5. The van der Waals surface area contributed by atoms with Crippen molar-refractivity contribution < 1.29 is 18.0 Å². The van der Waals surface area contributed by atoms with Crippen LogP contribution in [0.15, 0.2) is 0 Å². The molecular weight excluding hydrogens is 269 g/mol. The largest absolute Gasteiger partial charge is 0.389 e. The molecule has 3 nitrogen and oxygen atoms in total. The molecule has 0 aromatic carbocycles. The second-order valence-electron chi connectivity index (χ2n) is 4.81. The van der Waals surface area contributed by atoms with Crippen molar-refractivity contribution in [3.63, 3.8) is 0 Å². The summed E-state index contributed by atoms with van der Waals surface area (Å²) in [6.07, 6.45) is -1.03. The summed E-state index contributed by atoms with van der Waals surface area (Å²) in [5, 5.41) is 2.50. The van der Waals surface area contributed by atoms with Gasteiger partial charge in [0.05, 0.1) is 6.42 Å². The maximum atomic E-state index is 11.9. The van der Waals surface area contributed by atoms with Crippen LogP contribution in [0.3, 0.4) is 0 Å². The van der Waals surface area contributed by atoms with E-state index in [1.807, 2.05) is 0 Å². The molecule has 3 N–H and O–H groups in total. The standard InChI is InChI=1S/C11H19F3N2O.ClH/c12-11(13,14)7-4-9(17)16-8-10(15)5-2-1-3-6-10;/h1-8,15H2,(H,16,17);1H. The third kappa shape index (κ3) is 7.06. The highest BCUT2D eigenvalue weighted by Crippen LogP contribution is 2.25. The molecule has 7 heteroatoms. The Kier molecular flexibility index (Phi) is 6.99. The van der Waals surface area contributed by atoms with Crippen molar-refractivity contribution in [1.82, 2.24) is 5.32 Å². The molecule has 0 aromatic rings. The summed E-state index contributed by atoms with van der Waals surface area (Å²) < 4.78 is 35.6. The van der Waals surface area contributed by atoms with Crippen LogP contribution in [0.5, 0.6) is 0 Å². The van der Waals surface area contributed by atoms with Crippen molar-refractivity contribution in [2.45, 2.75) is 56.7 Å². The van der Waals surface area contributed by atoms with Crippen LogP contribution in [0.2, 0.25) is 0 Å². The Morgan fingerprint density at radius 3 is 2.28 bits per heavy atom. The minimum atomic E-state index is -4.28. The molecule has 0 radical (unpaired) electrons. The molecule has 1 aliphatic rings. The van der Waals surface area contributed by atoms with Crippen molar-refractivity contribution >= 4 is 18.3 Å². The minimum Gasteiger partial charge on any atom is -0.354 e. The molecule has 0 unspecified atom stereocenters. The molecule has 108 valence electrons. The van der Waals surface area contributed by atoms with Crippen LogP contribution < -0.4 is 11.1 Å². The molecule has 0 aliphatic heterocycles. The Morgan fingerprint density at radius 2 is 1.78 bits per heavy atom. The Labute approximate surface area is 111 Å². The fourth-order valence-electron chi connectivity index (χ4n) is 2.05. The van der Waals surface area contributed by atoms with Gasteiger partial charge in [0.15, 0.2) is 0 Å². The number of halogens is 4. The number of hydrogen-bond acceptors (Lipinski definition) is 2. The minimum absolute atomic E-state index is 0. The molecule has 0 saturated heterocycles. The lowest BCUT2D eigenvalue weighted by atomic mass is 9.82. The van der Waals surface area contributed by atoms with Crippen LogP contribution in [-0.4, -0.2) is 24.2 Å². The van der Waals surface area contributed by atoms with Crippen molar-refractivity contribution in [2.24, 2.45) is 5.73 Å². The Hall–Kier alpha value is -0.490. The summed E-state index contributed by atoms with van der Waals surface area (Å²) in [6, 6.07) is 0. The van der Waals surface area contributed by atoms with Crippen molar-refractivity contribution in [3.05, 3.63) is 0 Å². The van der Waals surface area contributed by atoms with Crippen LogP contribution in [-0.2, 0) is 4.79 Å². The van der Waals surface area contributed by atoms with Crippen LogP contribution in [0.4, 0.5) is 13.2 Å². The van der Waals surface area contributed by atoms with E-state index in [1.165, 1.54) is 0 Å². The maximum Gasteiger partial charge on any atom is 0.389 e. The second kappa shape index (κ2) is 7.19. The lowest BCUT2D eigenvalue weighted by Crippen LogP contribution is -2.51. The number of alkyl halides is 3. The maximum absolute atomic E-state index is 11.9. The van der Waals surface area contributed by atoms with Gasteiger partial charge in [-0.2, -0.15) is 13.2 Å². The van der Waals surface area contributed by atoms with Gasteiger partial charge in [0.2, 0.25) is 5.91 Å². The van der Waals surface area contributed by atoms with E-state index in [9.17, 15) is 18.0 Å². The molecule has 18 heavy (non-hydrogen) atoms. The van der Waals surface area contributed by atoms with E-state index in [2.05, 4.69) is 5.32 Å². The Morgan fingerprint density at radius 1 is 1.22 bits per heavy atom. The third-order valence-corrected chi connectivity index (χ3v) is 3.12. The predicted octanol–water partition coefficient (Wildman–Crippen LogP) is 2.53. The summed E-state index contributed by atoms with van der Waals surface area (Å²) >= 11 is 0. The van der Waals surface area contributed by atoms with E-state index in [4.69, 9.17) is 5.73 Å². The average molecular weight is 289 g/mol. The Balaban J connectivity index is 0.00000289. The number of carbonyl (C=O) groups excluding carboxylic acids is 1. The zero-order chi connectivity index (χ0) is 12.9. The molecule has 0 spiro atoms. The zero-order valence-corrected chi connectivity index (χ0v) is 11.0. The van der Waals surface area contributed by atoms with E-state index in [-0.39, 0.29) is 19.0 Å². The van der Waals surface area contributed by atoms with Crippen molar-refractivity contribution in [3.8, 4) is 0 Å². The first-order valence-corrected chi connectivity index (χ1v) is 5.93. The van der Waals surface area contributed by atoms with Gasteiger partial charge in [-0.05, 0) is 12.8 Å². The van der Waals surface area contributed by atoms with Crippen LogP contribution in [0.25, 0.3) is 0 Å². The van der Waals surface area contributed by atoms with Crippen LogP contribution in [0, 0.1) is 0 Å². The topological polar surface area (TPSA) is 55.1 Å². The fraction of sp³-hybridized carbons (Fsp3) is 0.909. The number of rotatable bonds is 4. The second-order valence-corrected chi connectivity index (χ2v) is 4.81. The van der Waals surface area contributed by atoms with Gasteiger partial charge in [-0.25, -0.2) is 0 Å². The molecule has 1 saturated carbocycles. The van der Waals surface area contributed by atoms with Crippen LogP contribution >= 0.6 is 12.4 Å². The molecule has 0 atom stereocenters. The molecule has 1 rings (SSSR count). The summed E-state index contributed by atoms with van der Waals surface area (Å²) in [5.74, 6) is -0.572. The highest BCUT2D eigenvalue weighted by molar-refractivity contribution is 5.85. The number of nitrogens with two attached hydrogens (primary N) is 1. The van der Waals surface area contributed by atoms with Gasteiger partial charge in [0.25, 0.3) is 0 Å². The molecule has 1 amide bonds. The van der Waals surface area contributed by atoms with E-state index in [0.717, 1.165) is 32.1 Å². The normalized spacial score (nSPS) is 18.9. The zero-order valence-electron chi connectivity index (χ0n) is 10.2. The lowest BCUT2D eigenvalue weighted by Gasteiger charge is -2.33. The highest BCUT2D eigenvalue weighted by atomic mass is 35.5. The molecule has 1 aliphatic carbocycles. The molecule has 1 fully saturated rings. The summed E-state index contributed by atoms with van der Waals surface area (Å²) in [6.45, 7) is 0.281. The quantitative estimate of drug-likeness (QED) is 0.835. The summed E-state index contributed by atoms with van der Waals surface area (Å²) in [7, 11) is 0. The number of nitrogens with one attached hydrogen (secondary N) is 1. The van der Waals surface area contributed by atoms with Gasteiger partial charge in [-0.1, -0.05) is 19.3 Å². The van der Waals surface area contributed by atoms with E-state index >= 15 is 0 Å². The van der Waals surface area contributed by atoms with Gasteiger partial charge in [-0.15, -0.1) is 12.4 Å². The first-order chi connectivity index (χ1) is 7.81. The van der Waals surface area contributed by atoms with Gasteiger partial charge >= 0.3 is 6.18 Å². The van der Waals surface area contributed by atoms with Gasteiger partial charge < -0.3 is 11.1 Å². The third-order valence-electron chi connectivity index (χ3n) is 3.12. The van der Waals surface area contributed by atoms with E-state index in [1.54, 1.807) is 0 Å². The van der Waals surface area contributed by atoms with E-state index < -0.39 is 30.5 Å². The number of hydrogen-bond donors (Lipinski definition) is 2. The summed E-state index contributed by atoms with van der Waals surface area (Å²) in [4.78, 5) is 11.2. The fourth-order valence-corrected chi connectivity index (χ4v) is 2.05. The predicted molar refractivity (Wildman–Crippen MR) is 65.6 cm³/mol. The van der Waals surface area contributed by atoms with E-state index in [0.29, 0.717) is 0 Å². The SMILES string of the molecule is Cl.NC1(CNC(=O)CCC(F)(F)F)CCCCC1. The molecule has 0 bridgehead atoms. The number of amides is 1. The van der Waals surface area contributed by atoms with Gasteiger partial charge in [0, 0.05) is 18.5 Å². The monoisotopic (exact) mass is 288 g/mol. The van der Waals surface area contributed by atoms with Crippen LogP contribution in [0.1, 0.15) is 44.9 Å². The smallest absolute Gasteiger partial charge is 0.354 e. The van der Waals surface area contributed by atoms with Crippen molar-refractivity contribution in [1.29, 1.82) is 0 Å². The molecular formula is C11H20ClF3N2O. The Bertz CT molecular complexity index is 266. The molecule has 0 aromatic heterocycles. The summed E-state index contributed by atoms with van der Waals surface area (Å²) in [5.41, 5.74) is 5.63. The highest BCUT2D eigenvalue weighted by Gasteiger charge is 2.30. The number of carbonyl (C=O) groups is 1. The first-order valence-electron chi connectivity index (χ1n) is 5.93.